The minimum atomic E-state index is -0.531. The van der Waals surface area contributed by atoms with Crippen LogP contribution in [0.2, 0.25) is 0 Å². The first-order valence-electron chi connectivity index (χ1n) is 18.0. The zero-order valence-corrected chi connectivity index (χ0v) is 31.5. The lowest BCUT2D eigenvalue weighted by atomic mass is 9.97. The molecule has 0 saturated heterocycles. The van der Waals surface area contributed by atoms with E-state index in [4.69, 9.17) is 9.26 Å². The second-order valence-corrected chi connectivity index (χ2v) is 15.4. The number of ether oxygens (including phenoxy) is 1. The summed E-state index contributed by atoms with van der Waals surface area (Å²) < 4.78 is 12.5. The topological polar surface area (TPSA) is 137 Å². The molecule has 0 aliphatic heterocycles. The summed E-state index contributed by atoms with van der Waals surface area (Å²) >= 11 is 0. The highest BCUT2D eigenvalue weighted by Crippen LogP contribution is 2.30. The number of unbranched alkanes of at least 4 members (excludes halogenated alkanes) is 1. The van der Waals surface area contributed by atoms with E-state index >= 15 is 0 Å². The molecule has 6 rings (SSSR count). The molecule has 0 atom stereocenters. The number of hydrogen-bond acceptors (Lipinski definition) is 8. The Morgan fingerprint density at radius 1 is 0.830 bits per heavy atom. The van der Waals surface area contributed by atoms with Crippen molar-refractivity contribution in [3.05, 3.63) is 119 Å². The van der Waals surface area contributed by atoms with Crippen molar-refractivity contribution in [3.8, 4) is 22.4 Å². The van der Waals surface area contributed by atoms with Crippen LogP contribution in [0.5, 0.6) is 0 Å². The van der Waals surface area contributed by atoms with E-state index in [1.54, 1.807) is 6.33 Å². The minimum absolute atomic E-state index is 0.0259. The maximum Gasteiger partial charge on any atom is 0.412 e. The van der Waals surface area contributed by atoms with Crippen LogP contribution in [0.3, 0.4) is 0 Å². The SMILES string of the molecule is Cc1cc(-c2ncnn3cc(-c4ccc(CCCCc5ccc(NC(=O)OC(C)(C)C)cc5)cc4)cc23)ccc1CNC(=O)c1noc(C(C)(C)C)n1. The fraction of sp³-hybridized carbons (Fsp3) is 0.333. The molecule has 3 heterocycles. The van der Waals surface area contributed by atoms with Crippen LogP contribution < -0.4 is 10.6 Å². The standard InChI is InChI=1S/C42H47N7O4/c1-27-22-31(18-19-32(27)24-43-38(50)37-47-39(53-48-37)41(2,3)4)36-35-23-33(25-49(35)45-26-44-36)30-16-12-28(13-17-30)10-8-9-11-29-14-20-34(21-15-29)46-40(51)52-42(5,6)7/h12-23,25-26H,8-11,24H2,1-7H3,(H,43,50)(H,46,51). The highest BCUT2D eigenvalue weighted by atomic mass is 16.6. The maximum atomic E-state index is 12.7. The Kier molecular flexibility index (Phi) is 10.7. The van der Waals surface area contributed by atoms with Crippen LogP contribution in [-0.2, 0) is 29.5 Å². The van der Waals surface area contributed by atoms with E-state index in [1.165, 1.54) is 11.1 Å². The van der Waals surface area contributed by atoms with Crippen LogP contribution in [-0.4, -0.2) is 42.3 Å². The van der Waals surface area contributed by atoms with Gasteiger partial charge in [-0.3, -0.25) is 10.1 Å². The van der Waals surface area contributed by atoms with Crippen LogP contribution in [0.1, 0.15) is 93.1 Å². The van der Waals surface area contributed by atoms with Crippen molar-refractivity contribution in [1.29, 1.82) is 0 Å². The van der Waals surface area contributed by atoms with Gasteiger partial charge in [0.1, 0.15) is 11.9 Å². The Balaban J connectivity index is 1.03. The second-order valence-electron chi connectivity index (χ2n) is 15.4. The zero-order valence-electron chi connectivity index (χ0n) is 31.5. The molecule has 0 fully saturated rings. The molecule has 0 saturated carbocycles. The van der Waals surface area contributed by atoms with Gasteiger partial charge in [0.25, 0.3) is 11.7 Å². The third-order valence-electron chi connectivity index (χ3n) is 8.80. The van der Waals surface area contributed by atoms with E-state index in [2.05, 4.69) is 79.4 Å². The van der Waals surface area contributed by atoms with Crippen LogP contribution in [0.15, 0.2) is 89.8 Å². The molecule has 0 spiro atoms. The second kappa shape index (κ2) is 15.4. The number of aromatic nitrogens is 5. The van der Waals surface area contributed by atoms with Crippen LogP contribution in [0, 0.1) is 6.92 Å². The summed E-state index contributed by atoms with van der Waals surface area (Å²) in [6.07, 6.45) is 7.28. The van der Waals surface area contributed by atoms with E-state index in [9.17, 15) is 9.59 Å². The van der Waals surface area contributed by atoms with Crippen LogP contribution in [0.4, 0.5) is 10.5 Å². The molecule has 2 amide bonds. The zero-order chi connectivity index (χ0) is 37.8. The van der Waals surface area contributed by atoms with Crippen molar-refractivity contribution >= 4 is 23.2 Å². The Morgan fingerprint density at radius 2 is 1.49 bits per heavy atom. The van der Waals surface area contributed by atoms with Gasteiger partial charge in [-0.2, -0.15) is 10.1 Å². The lowest BCUT2D eigenvalue weighted by Gasteiger charge is -2.19. The largest absolute Gasteiger partial charge is 0.444 e. The average molecular weight is 714 g/mol. The summed E-state index contributed by atoms with van der Waals surface area (Å²) in [5.74, 6) is 0.0661. The van der Waals surface area contributed by atoms with Gasteiger partial charge in [0.05, 0.1) is 11.2 Å². The van der Waals surface area contributed by atoms with Gasteiger partial charge in [0.15, 0.2) is 0 Å². The van der Waals surface area contributed by atoms with Gasteiger partial charge < -0.3 is 14.6 Å². The molecule has 0 unspecified atom stereocenters. The quantitative estimate of drug-likeness (QED) is 0.127. The Labute approximate surface area is 310 Å². The molecule has 0 radical (unpaired) electrons. The molecule has 274 valence electrons. The van der Waals surface area contributed by atoms with Gasteiger partial charge in [-0.25, -0.2) is 14.3 Å². The van der Waals surface area contributed by atoms with Crippen molar-refractivity contribution in [2.45, 2.75) is 91.7 Å². The van der Waals surface area contributed by atoms with Gasteiger partial charge in [0.2, 0.25) is 5.89 Å². The summed E-state index contributed by atoms with van der Waals surface area (Å²) in [5, 5.41) is 14.0. The summed E-state index contributed by atoms with van der Waals surface area (Å²) in [7, 11) is 0. The Morgan fingerprint density at radius 3 is 2.11 bits per heavy atom. The molecule has 0 bridgehead atoms. The van der Waals surface area contributed by atoms with Gasteiger partial charge in [-0.1, -0.05) is 74.5 Å². The molecule has 0 aliphatic carbocycles. The smallest absolute Gasteiger partial charge is 0.412 e. The number of rotatable bonds is 11. The number of aryl methyl sites for hydroxylation is 3. The first-order chi connectivity index (χ1) is 25.2. The van der Waals surface area contributed by atoms with Crippen molar-refractivity contribution in [2.24, 2.45) is 0 Å². The first-order valence-corrected chi connectivity index (χ1v) is 18.0. The number of carbonyl (C=O) groups is 2. The highest BCUT2D eigenvalue weighted by Gasteiger charge is 2.24. The fourth-order valence-electron chi connectivity index (χ4n) is 5.92. The fourth-order valence-corrected chi connectivity index (χ4v) is 5.92. The van der Waals surface area contributed by atoms with Gasteiger partial charge in [0, 0.05) is 35.0 Å². The van der Waals surface area contributed by atoms with Gasteiger partial charge in [-0.05, 0) is 105 Å². The molecule has 3 aromatic carbocycles. The predicted molar refractivity (Wildman–Crippen MR) is 206 cm³/mol. The molecular formula is C42H47N7O4. The number of hydrogen-bond donors (Lipinski definition) is 2. The van der Waals surface area contributed by atoms with Crippen molar-refractivity contribution in [1.82, 2.24) is 30.1 Å². The van der Waals surface area contributed by atoms with Gasteiger partial charge >= 0.3 is 6.09 Å². The van der Waals surface area contributed by atoms with E-state index in [0.29, 0.717) is 12.4 Å². The van der Waals surface area contributed by atoms with Crippen molar-refractivity contribution in [3.63, 3.8) is 0 Å². The number of carbonyl (C=O) groups excluding carboxylic acids is 2. The third kappa shape index (κ3) is 9.54. The molecular weight excluding hydrogens is 667 g/mol. The molecule has 11 nitrogen and oxygen atoms in total. The first kappa shape index (κ1) is 36.9. The Hall–Kier alpha value is -5.84. The monoisotopic (exact) mass is 713 g/mol. The molecule has 0 aliphatic rings. The molecule has 3 aromatic heterocycles. The maximum absolute atomic E-state index is 12.7. The normalized spacial score (nSPS) is 11.8. The average Bonchev–Trinajstić information content (AvgIpc) is 3.79. The number of amides is 2. The van der Waals surface area contributed by atoms with Crippen LogP contribution >= 0.6 is 0 Å². The highest BCUT2D eigenvalue weighted by molar-refractivity contribution is 5.90. The summed E-state index contributed by atoms with van der Waals surface area (Å²) in [6, 6.07) is 24.9. The molecule has 6 aromatic rings. The molecule has 11 heteroatoms. The number of fused-ring (bicyclic) bond motifs is 1. The van der Waals surface area contributed by atoms with E-state index in [0.717, 1.165) is 70.4 Å². The van der Waals surface area contributed by atoms with E-state index < -0.39 is 11.7 Å². The summed E-state index contributed by atoms with van der Waals surface area (Å²) in [4.78, 5) is 33.6. The van der Waals surface area contributed by atoms with E-state index in [-0.39, 0.29) is 17.1 Å². The van der Waals surface area contributed by atoms with Crippen molar-refractivity contribution < 1.29 is 18.8 Å². The van der Waals surface area contributed by atoms with Gasteiger partial charge in [-0.15, -0.1) is 0 Å². The molecule has 2 N–H and O–H groups in total. The Bertz CT molecular complexity index is 2210. The number of benzene rings is 3. The summed E-state index contributed by atoms with van der Waals surface area (Å²) in [6.45, 7) is 13.7. The number of nitrogens with zero attached hydrogens (tertiary/aromatic N) is 5. The number of nitrogens with one attached hydrogen (secondary N) is 2. The third-order valence-corrected chi connectivity index (χ3v) is 8.80. The van der Waals surface area contributed by atoms with E-state index in [1.807, 2.05) is 83.4 Å². The van der Waals surface area contributed by atoms with Crippen LogP contribution in [0.25, 0.3) is 27.9 Å². The lowest BCUT2D eigenvalue weighted by Crippen LogP contribution is -2.27. The lowest BCUT2D eigenvalue weighted by molar-refractivity contribution is 0.0635. The predicted octanol–water partition coefficient (Wildman–Crippen LogP) is 8.89. The van der Waals surface area contributed by atoms with Crippen molar-refractivity contribution in [2.75, 3.05) is 5.32 Å². The summed E-state index contributed by atoms with van der Waals surface area (Å²) in [5.41, 5.74) is 9.29. The molecule has 53 heavy (non-hydrogen) atoms. The minimum Gasteiger partial charge on any atom is -0.444 e. The number of anilines is 1.